The Labute approximate surface area is 161 Å². The Bertz CT molecular complexity index is 770. The molecule has 4 nitrogen and oxygen atoms in total. The van der Waals surface area contributed by atoms with Crippen molar-refractivity contribution < 1.29 is 14.3 Å². The summed E-state index contributed by atoms with van der Waals surface area (Å²) in [7, 11) is 0. The molecule has 0 saturated carbocycles. The highest BCUT2D eigenvalue weighted by Gasteiger charge is 2.36. The second kappa shape index (κ2) is 8.09. The molecule has 1 atom stereocenters. The Kier molecular flexibility index (Phi) is 6.33. The first kappa shape index (κ1) is 19.6. The maximum absolute atomic E-state index is 12.4. The molecule has 0 fully saturated rings. The van der Waals surface area contributed by atoms with Crippen molar-refractivity contribution in [2.24, 2.45) is 0 Å². The fourth-order valence-corrected chi connectivity index (χ4v) is 2.37. The second-order valence-corrected chi connectivity index (χ2v) is 7.83. The Morgan fingerprint density at radius 1 is 1.04 bits per heavy atom. The average molecular weight is 401 g/mol. The van der Waals surface area contributed by atoms with E-state index in [-0.39, 0.29) is 5.78 Å². The predicted molar refractivity (Wildman–Crippen MR) is 99.8 cm³/mol. The van der Waals surface area contributed by atoms with Crippen molar-refractivity contribution in [2.75, 3.05) is 0 Å². The maximum Gasteiger partial charge on any atom is 0.254 e. The fraction of sp³-hybridized carbons (Fsp3) is 0.222. The van der Waals surface area contributed by atoms with Crippen LogP contribution in [0.15, 0.2) is 48.5 Å². The summed E-state index contributed by atoms with van der Waals surface area (Å²) in [6.45, 7) is 3.33. The van der Waals surface area contributed by atoms with Crippen LogP contribution in [0.4, 0.5) is 0 Å². The van der Waals surface area contributed by atoms with Crippen molar-refractivity contribution in [3.05, 3.63) is 65.2 Å². The molecule has 2 aromatic carbocycles. The molecule has 25 heavy (non-hydrogen) atoms. The summed E-state index contributed by atoms with van der Waals surface area (Å²) in [5.41, 5.74) is 1.88. The summed E-state index contributed by atoms with van der Waals surface area (Å²) in [4.78, 5) is 23.7. The van der Waals surface area contributed by atoms with Gasteiger partial charge >= 0.3 is 0 Å². The minimum absolute atomic E-state index is 0.0720. The van der Waals surface area contributed by atoms with Crippen LogP contribution in [0, 0.1) is 6.92 Å². The van der Waals surface area contributed by atoms with Gasteiger partial charge in [-0.05, 0) is 50.2 Å². The first-order valence-electron chi connectivity index (χ1n) is 7.39. The highest BCUT2D eigenvalue weighted by molar-refractivity contribution is 6.68. The number of hydrogen-bond acceptors (Lipinski definition) is 3. The quantitative estimate of drug-likeness (QED) is 0.449. The molecular formula is C18H16Cl3NO3. The first-order valence-corrected chi connectivity index (χ1v) is 8.52. The number of hydrogen-bond donors (Lipinski definition) is 1. The van der Waals surface area contributed by atoms with Crippen LogP contribution in [0.1, 0.15) is 33.2 Å². The van der Waals surface area contributed by atoms with E-state index >= 15 is 0 Å². The van der Waals surface area contributed by atoms with E-state index < -0.39 is 15.9 Å². The Morgan fingerprint density at radius 2 is 1.68 bits per heavy atom. The summed E-state index contributed by atoms with van der Waals surface area (Å²) in [6.07, 6.45) is -1.21. The summed E-state index contributed by atoms with van der Waals surface area (Å²) in [5.74, 6) is -0.150. The van der Waals surface area contributed by atoms with Gasteiger partial charge in [0.25, 0.3) is 5.91 Å². The zero-order valence-electron chi connectivity index (χ0n) is 13.6. The topological polar surface area (TPSA) is 55.4 Å². The van der Waals surface area contributed by atoms with E-state index in [9.17, 15) is 9.59 Å². The number of ether oxygens (including phenoxy) is 1. The van der Waals surface area contributed by atoms with Gasteiger partial charge in [0.2, 0.25) is 10.0 Å². The molecule has 0 aliphatic rings. The van der Waals surface area contributed by atoms with E-state index in [1.54, 1.807) is 42.5 Å². The number of carbonyl (C=O) groups excluding carboxylic acids is 2. The van der Waals surface area contributed by atoms with Gasteiger partial charge < -0.3 is 10.1 Å². The molecule has 0 aliphatic carbocycles. The maximum atomic E-state index is 12.4. The largest absolute Gasteiger partial charge is 0.466 e. The lowest BCUT2D eigenvalue weighted by molar-refractivity contribution is 0.0833. The first-order chi connectivity index (χ1) is 11.7. The van der Waals surface area contributed by atoms with Crippen LogP contribution < -0.4 is 10.1 Å². The number of Topliss-reactive ketones (excluding diaryl/α,β-unsaturated/α-hetero) is 1. The van der Waals surface area contributed by atoms with Gasteiger partial charge in [-0.2, -0.15) is 0 Å². The van der Waals surface area contributed by atoms with Crippen LogP contribution >= 0.6 is 34.8 Å². The number of rotatable bonds is 5. The number of halogens is 3. The SMILES string of the molecule is CC(=O)c1ccc(O[C@@H](NC(=O)c2cccc(C)c2)C(Cl)(Cl)Cl)cc1. The van der Waals surface area contributed by atoms with E-state index in [1.165, 1.54) is 6.92 Å². The van der Waals surface area contributed by atoms with Gasteiger partial charge in [0, 0.05) is 11.1 Å². The molecule has 2 rings (SSSR count). The van der Waals surface area contributed by atoms with Crippen LogP contribution in [0.25, 0.3) is 0 Å². The molecule has 0 aromatic heterocycles. The molecule has 132 valence electrons. The number of carbonyl (C=O) groups is 2. The monoisotopic (exact) mass is 399 g/mol. The van der Waals surface area contributed by atoms with Crippen molar-refractivity contribution in [3.8, 4) is 5.75 Å². The van der Waals surface area contributed by atoms with Gasteiger partial charge in [0.05, 0.1) is 0 Å². The summed E-state index contributed by atoms with van der Waals surface area (Å²) < 4.78 is 3.71. The van der Waals surface area contributed by atoms with Gasteiger partial charge in [0.15, 0.2) is 5.78 Å². The highest BCUT2D eigenvalue weighted by atomic mass is 35.6. The van der Waals surface area contributed by atoms with Gasteiger partial charge in [-0.15, -0.1) is 0 Å². The van der Waals surface area contributed by atoms with Crippen molar-refractivity contribution in [3.63, 3.8) is 0 Å². The number of amides is 1. The van der Waals surface area contributed by atoms with E-state index in [0.29, 0.717) is 16.9 Å². The van der Waals surface area contributed by atoms with Gasteiger partial charge in [-0.1, -0.05) is 52.5 Å². The van der Waals surface area contributed by atoms with Gasteiger partial charge in [0.1, 0.15) is 5.75 Å². The smallest absolute Gasteiger partial charge is 0.254 e. The normalized spacial score (nSPS) is 12.4. The number of ketones is 1. The third kappa shape index (κ3) is 5.63. The minimum atomic E-state index is -1.89. The van der Waals surface area contributed by atoms with Crippen LogP contribution in [0.3, 0.4) is 0 Å². The van der Waals surface area contributed by atoms with E-state index in [4.69, 9.17) is 39.5 Å². The Balaban J connectivity index is 2.16. The van der Waals surface area contributed by atoms with E-state index in [2.05, 4.69) is 5.32 Å². The zero-order valence-corrected chi connectivity index (χ0v) is 15.8. The minimum Gasteiger partial charge on any atom is -0.466 e. The third-order valence-electron chi connectivity index (χ3n) is 3.35. The number of aryl methyl sites for hydroxylation is 1. The van der Waals surface area contributed by atoms with Crippen molar-refractivity contribution in [1.29, 1.82) is 0 Å². The van der Waals surface area contributed by atoms with Crippen molar-refractivity contribution in [1.82, 2.24) is 5.32 Å². The molecule has 0 aliphatic heterocycles. The molecule has 0 saturated heterocycles. The molecule has 0 bridgehead atoms. The summed E-state index contributed by atoms with van der Waals surface area (Å²) in [5, 5.41) is 2.56. The fourth-order valence-electron chi connectivity index (χ4n) is 2.07. The number of alkyl halides is 3. The van der Waals surface area contributed by atoms with Gasteiger partial charge in [-0.25, -0.2) is 0 Å². The molecular weight excluding hydrogens is 385 g/mol. The number of nitrogens with one attached hydrogen (secondary N) is 1. The van der Waals surface area contributed by atoms with Crippen LogP contribution in [-0.2, 0) is 0 Å². The molecule has 0 heterocycles. The molecule has 2 aromatic rings. The Hall–Kier alpha value is -1.75. The van der Waals surface area contributed by atoms with Crippen LogP contribution in [0.2, 0.25) is 0 Å². The van der Waals surface area contributed by atoms with Crippen LogP contribution in [0.5, 0.6) is 5.75 Å². The molecule has 7 heteroatoms. The molecule has 0 radical (unpaired) electrons. The lowest BCUT2D eigenvalue weighted by atomic mass is 10.1. The van der Waals surface area contributed by atoms with E-state index in [0.717, 1.165) is 5.56 Å². The molecule has 0 unspecified atom stereocenters. The van der Waals surface area contributed by atoms with Gasteiger partial charge in [-0.3, -0.25) is 9.59 Å². The lowest BCUT2D eigenvalue weighted by Gasteiger charge is -2.26. The van der Waals surface area contributed by atoms with Crippen molar-refractivity contribution in [2.45, 2.75) is 23.9 Å². The summed E-state index contributed by atoms with van der Waals surface area (Å²) in [6, 6.07) is 13.3. The zero-order chi connectivity index (χ0) is 18.6. The van der Waals surface area contributed by atoms with Crippen LogP contribution in [-0.4, -0.2) is 21.7 Å². The molecule has 0 spiro atoms. The predicted octanol–water partition coefficient (Wildman–Crippen LogP) is 4.70. The molecule has 1 amide bonds. The second-order valence-electron chi connectivity index (χ2n) is 5.46. The lowest BCUT2D eigenvalue weighted by Crippen LogP contribution is -2.47. The highest BCUT2D eigenvalue weighted by Crippen LogP contribution is 2.32. The van der Waals surface area contributed by atoms with Crippen molar-refractivity contribution >= 4 is 46.5 Å². The third-order valence-corrected chi connectivity index (χ3v) is 3.95. The number of benzene rings is 2. The standard InChI is InChI=1S/C18H16Cl3NO3/c1-11-4-3-5-14(10-11)16(24)22-17(18(19,20)21)25-15-8-6-13(7-9-15)12(2)23/h3-10,17H,1-2H3,(H,22,24)/t17-/m1/s1. The average Bonchev–Trinajstić information content (AvgIpc) is 2.53. The van der Waals surface area contributed by atoms with E-state index in [1.807, 2.05) is 13.0 Å². The summed E-state index contributed by atoms with van der Waals surface area (Å²) >= 11 is 17.8. The molecule has 1 N–H and O–H groups in total. The Morgan fingerprint density at radius 3 is 2.20 bits per heavy atom.